The van der Waals surface area contributed by atoms with Gasteiger partial charge in [0.25, 0.3) is 0 Å². The van der Waals surface area contributed by atoms with E-state index >= 15 is 0 Å². The second kappa shape index (κ2) is 5.05. The standard InChI is InChI=1S/C15H15Cl2NO2/c1-8-2-4-10-11(6-8)15(20)18(14(10)19)13-7-9(16)3-5-12(13)17/h3,5,7-8,10-11H,2,4,6H2,1H3/t8-,10-,11+/m0/s1. The number of rotatable bonds is 1. The number of anilines is 1. The summed E-state index contributed by atoms with van der Waals surface area (Å²) in [7, 11) is 0. The summed E-state index contributed by atoms with van der Waals surface area (Å²) in [6.07, 6.45) is 2.56. The molecule has 3 rings (SSSR count). The highest BCUT2D eigenvalue weighted by Crippen LogP contribution is 2.43. The summed E-state index contributed by atoms with van der Waals surface area (Å²) in [5.41, 5.74) is 0.413. The molecule has 5 heteroatoms. The zero-order chi connectivity index (χ0) is 14.4. The van der Waals surface area contributed by atoms with E-state index in [0.29, 0.717) is 21.7 Å². The number of fused-ring (bicyclic) bond motifs is 1. The molecule has 3 atom stereocenters. The van der Waals surface area contributed by atoms with E-state index in [1.807, 2.05) is 0 Å². The van der Waals surface area contributed by atoms with Gasteiger partial charge in [-0.1, -0.05) is 30.1 Å². The van der Waals surface area contributed by atoms with Crippen molar-refractivity contribution >= 4 is 40.7 Å². The highest BCUT2D eigenvalue weighted by Gasteiger charge is 2.50. The molecule has 1 aliphatic carbocycles. The Morgan fingerprint density at radius 1 is 1.10 bits per heavy atom. The normalized spacial score (nSPS) is 29.8. The lowest BCUT2D eigenvalue weighted by Crippen LogP contribution is -2.31. The van der Waals surface area contributed by atoms with Gasteiger partial charge in [-0.3, -0.25) is 9.59 Å². The number of hydrogen-bond donors (Lipinski definition) is 0. The molecule has 0 bridgehead atoms. The van der Waals surface area contributed by atoms with E-state index in [-0.39, 0.29) is 23.7 Å². The maximum Gasteiger partial charge on any atom is 0.237 e. The van der Waals surface area contributed by atoms with Crippen LogP contribution < -0.4 is 4.90 Å². The zero-order valence-corrected chi connectivity index (χ0v) is 12.6. The fourth-order valence-corrected chi connectivity index (χ4v) is 3.65. The average molecular weight is 312 g/mol. The molecule has 2 fully saturated rings. The van der Waals surface area contributed by atoms with Crippen molar-refractivity contribution in [2.75, 3.05) is 4.90 Å². The molecule has 0 spiro atoms. The molecule has 1 aliphatic heterocycles. The molecule has 0 N–H and O–H groups in total. The summed E-state index contributed by atoms with van der Waals surface area (Å²) >= 11 is 12.1. The van der Waals surface area contributed by atoms with Crippen LogP contribution in [-0.2, 0) is 9.59 Å². The maximum absolute atomic E-state index is 12.6. The molecule has 0 unspecified atom stereocenters. The Bertz CT molecular complexity index is 587. The molecule has 1 aromatic carbocycles. The van der Waals surface area contributed by atoms with Gasteiger partial charge >= 0.3 is 0 Å². The second-order valence-electron chi connectivity index (χ2n) is 5.74. The third kappa shape index (κ3) is 2.13. The number of halogens is 2. The smallest absolute Gasteiger partial charge is 0.237 e. The van der Waals surface area contributed by atoms with Crippen LogP contribution in [0.4, 0.5) is 5.69 Å². The van der Waals surface area contributed by atoms with Crippen molar-refractivity contribution in [3.8, 4) is 0 Å². The van der Waals surface area contributed by atoms with Gasteiger partial charge in [-0.05, 0) is 43.4 Å². The van der Waals surface area contributed by atoms with Crippen LogP contribution in [0.5, 0.6) is 0 Å². The van der Waals surface area contributed by atoms with Crippen molar-refractivity contribution in [3.63, 3.8) is 0 Å². The van der Waals surface area contributed by atoms with E-state index in [0.717, 1.165) is 19.3 Å². The van der Waals surface area contributed by atoms with Crippen molar-refractivity contribution in [1.29, 1.82) is 0 Å². The highest BCUT2D eigenvalue weighted by molar-refractivity contribution is 6.37. The zero-order valence-electron chi connectivity index (χ0n) is 11.1. The number of benzene rings is 1. The number of imide groups is 1. The summed E-state index contributed by atoms with van der Waals surface area (Å²) in [5.74, 6) is -0.149. The van der Waals surface area contributed by atoms with E-state index in [9.17, 15) is 9.59 Å². The molecule has 0 aromatic heterocycles. The van der Waals surface area contributed by atoms with Crippen LogP contribution in [0.15, 0.2) is 18.2 Å². The Morgan fingerprint density at radius 2 is 1.80 bits per heavy atom. The lowest BCUT2D eigenvalue weighted by Gasteiger charge is -2.25. The molecule has 3 nitrogen and oxygen atoms in total. The lowest BCUT2D eigenvalue weighted by molar-refractivity contribution is -0.122. The molecule has 1 saturated carbocycles. The summed E-state index contributed by atoms with van der Waals surface area (Å²) in [5, 5.41) is 0.844. The van der Waals surface area contributed by atoms with Gasteiger partial charge in [0.05, 0.1) is 22.5 Å². The predicted molar refractivity (Wildman–Crippen MR) is 79.0 cm³/mol. The fraction of sp³-hybridized carbons (Fsp3) is 0.467. The van der Waals surface area contributed by atoms with E-state index in [2.05, 4.69) is 6.92 Å². The maximum atomic E-state index is 12.6. The third-order valence-electron chi connectivity index (χ3n) is 4.34. The van der Waals surface area contributed by atoms with E-state index in [4.69, 9.17) is 23.2 Å². The van der Waals surface area contributed by atoms with E-state index in [1.165, 1.54) is 4.90 Å². The molecule has 2 aliphatic rings. The number of nitrogens with zero attached hydrogens (tertiary/aromatic N) is 1. The number of carbonyl (C=O) groups excluding carboxylic acids is 2. The second-order valence-corrected chi connectivity index (χ2v) is 6.58. The van der Waals surface area contributed by atoms with Crippen molar-refractivity contribution in [2.24, 2.45) is 17.8 Å². The molecular weight excluding hydrogens is 297 g/mol. The van der Waals surface area contributed by atoms with Crippen molar-refractivity contribution in [3.05, 3.63) is 28.2 Å². The molecule has 1 saturated heterocycles. The van der Waals surface area contributed by atoms with Gasteiger partial charge in [0, 0.05) is 5.02 Å². The monoisotopic (exact) mass is 311 g/mol. The molecule has 1 heterocycles. The Morgan fingerprint density at radius 3 is 2.55 bits per heavy atom. The van der Waals surface area contributed by atoms with Gasteiger partial charge in [0.15, 0.2) is 0 Å². The van der Waals surface area contributed by atoms with Gasteiger partial charge in [-0.25, -0.2) is 4.90 Å². The summed E-state index contributed by atoms with van der Waals surface area (Å²) in [6, 6.07) is 4.85. The Hall–Kier alpha value is -1.06. The Labute approximate surface area is 127 Å². The predicted octanol–water partition coefficient (Wildman–Crippen LogP) is 3.92. The molecule has 0 radical (unpaired) electrons. The Kier molecular flexibility index (Phi) is 3.51. The highest BCUT2D eigenvalue weighted by atomic mass is 35.5. The first kappa shape index (κ1) is 13.9. The van der Waals surface area contributed by atoms with Gasteiger partial charge in [0.2, 0.25) is 11.8 Å². The van der Waals surface area contributed by atoms with Crippen molar-refractivity contribution in [2.45, 2.75) is 26.2 Å². The van der Waals surface area contributed by atoms with Crippen LogP contribution >= 0.6 is 23.2 Å². The number of amides is 2. The van der Waals surface area contributed by atoms with Crippen LogP contribution in [0.3, 0.4) is 0 Å². The topological polar surface area (TPSA) is 37.4 Å². The quantitative estimate of drug-likeness (QED) is 0.737. The van der Waals surface area contributed by atoms with Crippen LogP contribution in [0, 0.1) is 17.8 Å². The number of carbonyl (C=O) groups is 2. The van der Waals surface area contributed by atoms with Gasteiger partial charge in [-0.15, -0.1) is 0 Å². The molecular formula is C15H15Cl2NO2. The van der Waals surface area contributed by atoms with E-state index in [1.54, 1.807) is 18.2 Å². The largest absolute Gasteiger partial charge is 0.274 e. The third-order valence-corrected chi connectivity index (χ3v) is 4.89. The summed E-state index contributed by atoms with van der Waals surface area (Å²) < 4.78 is 0. The Balaban J connectivity index is 2.00. The van der Waals surface area contributed by atoms with Crippen molar-refractivity contribution in [1.82, 2.24) is 0 Å². The summed E-state index contributed by atoms with van der Waals surface area (Å²) in [6.45, 7) is 2.13. The fourth-order valence-electron chi connectivity index (χ4n) is 3.28. The van der Waals surface area contributed by atoms with E-state index < -0.39 is 0 Å². The molecule has 20 heavy (non-hydrogen) atoms. The van der Waals surface area contributed by atoms with Gasteiger partial charge in [0.1, 0.15) is 0 Å². The van der Waals surface area contributed by atoms with Crippen LogP contribution in [0.1, 0.15) is 26.2 Å². The first-order valence-electron chi connectivity index (χ1n) is 6.82. The van der Waals surface area contributed by atoms with Crippen molar-refractivity contribution < 1.29 is 9.59 Å². The minimum Gasteiger partial charge on any atom is -0.274 e. The van der Waals surface area contributed by atoms with Crippen LogP contribution in [-0.4, -0.2) is 11.8 Å². The van der Waals surface area contributed by atoms with Crippen LogP contribution in [0.25, 0.3) is 0 Å². The SMILES string of the molecule is C[C@H]1CC[C@@H]2C(=O)N(c3cc(Cl)ccc3Cl)C(=O)[C@@H]2C1. The molecule has 2 amide bonds. The summed E-state index contributed by atoms with van der Waals surface area (Å²) in [4.78, 5) is 26.3. The van der Waals surface area contributed by atoms with Gasteiger partial charge < -0.3 is 0 Å². The minimum absolute atomic E-state index is 0.129. The molecule has 106 valence electrons. The number of hydrogen-bond acceptors (Lipinski definition) is 2. The minimum atomic E-state index is -0.193. The first-order chi connectivity index (χ1) is 9.49. The average Bonchev–Trinajstić information content (AvgIpc) is 2.65. The molecule has 1 aromatic rings. The van der Waals surface area contributed by atoms with Crippen LogP contribution in [0.2, 0.25) is 10.0 Å². The van der Waals surface area contributed by atoms with Gasteiger partial charge in [-0.2, -0.15) is 0 Å². The first-order valence-corrected chi connectivity index (χ1v) is 7.57. The lowest BCUT2D eigenvalue weighted by atomic mass is 9.76.